The molecule has 0 unspecified atom stereocenters. The number of thiazole rings is 1. The van der Waals surface area contributed by atoms with Gasteiger partial charge in [0.05, 0.1) is 27.7 Å². The van der Waals surface area contributed by atoms with Gasteiger partial charge in [-0.05, 0) is 62.1 Å². The van der Waals surface area contributed by atoms with Crippen LogP contribution in [0.15, 0.2) is 36.4 Å². The second kappa shape index (κ2) is 9.76. The number of hydrogen-bond donors (Lipinski definition) is 2. The van der Waals surface area contributed by atoms with E-state index in [1.54, 1.807) is 0 Å². The van der Waals surface area contributed by atoms with E-state index >= 15 is 0 Å². The van der Waals surface area contributed by atoms with Gasteiger partial charge in [-0.25, -0.2) is 9.37 Å². The first-order chi connectivity index (χ1) is 18.3. The number of carbonyl (C=O) groups is 3. The molecule has 39 heavy (non-hydrogen) atoms. The van der Waals surface area contributed by atoms with E-state index in [1.165, 1.54) is 6.07 Å². The molecule has 2 aromatic carbocycles. The smallest absolute Gasteiger partial charge is 0.369 e. The Balaban J connectivity index is 1.57. The minimum Gasteiger partial charge on any atom is -0.369 e. The third-order valence-corrected chi connectivity index (χ3v) is 8.09. The molecule has 2 aliphatic rings. The summed E-state index contributed by atoms with van der Waals surface area (Å²) in [5.74, 6) is -3.28. The molecule has 204 valence electrons. The molecule has 3 aromatic rings. The number of rotatable bonds is 7. The fourth-order valence-electron chi connectivity index (χ4n) is 4.08. The first kappa shape index (κ1) is 27.4. The number of carbonyl (C=O) groups excluding carboxylic acids is 3. The van der Waals surface area contributed by atoms with Crippen LogP contribution in [0.3, 0.4) is 0 Å². The molecule has 2 aliphatic carbocycles. The van der Waals surface area contributed by atoms with E-state index in [0.29, 0.717) is 24.6 Å². The Morgan fingerprint density at radius 2 is 1.79 bits per heavy atom. The molecular weight excluding hydrogens is 583 g/mol. The molecular formula is C25H18Cl2F4N4O3S. The highest BCUT2D eigenvalue weighted by atomic mass is 35.5. The second-order valence-electron chi connectivity index (χ2n) is 9.35. The summed E-state index contributed by atoms with van der Waals surface area (Å²) in [6.45, 7) is 0. The highest BCUT2D eigenvalue weighted by molar-refractivity contribution is 7.18. The van der Waals surface area contributed by atoms with Crippen molar-refractivity contribution < 1.29 is 31.9 Å². The van der Waals surface area contributed by atoms with Crippen LogP contribution in [-0.4, -0.2) is 22.7 Å². The first-order valence-electron chi connectivity index (χ1n) is 11.6. The van der Waals surface area contributed by atoms with E-state index in [9.17, 15) is 31.9 Å². The van der Waals surface area contributed by atoms with Gasteiger partial charge in [-0.1, -0.05) is 34.5 Å². The van der Waals surface area contributed by atoms with Crippen molar-refractivity contribution in [1.82, 2.24) is 4.98 Å². The molecule has 0 spiro atoms. The zero-order valence-corrected chi connectivity index (χ0v) is 22.1. The normalized spacial score (nSPS) is 16.1. The average Bonchev–Trinajstić information content (AvgIpc) is 3.77. The third kappa shape index (κ3) is 5.32. The fourth-order valence-corrected chi connectivity index (χ4v) is 5.52. The minimum atomic E-state index is -4.66. The summed E-state index contributed by atoms with van der Waals surface area (Å²) in [7, 11) is 0. The first-order valence-corrected chi connectivity index (χ1v) is 13.2. The Morgan fingerprint density at radius 3 is 2.36 bits per heavy atom. The molecule has 1 aromatic heterocycles. The van der Waals surface area contributed by atoms with E-state index < -0.39 is 40.7 Å². The van der Waals surface area contributed by atoms with Crippen LogP contribution in [0.25, 0.3) is 0 Å². The Kier molecular flexibility index (Phi) is 6.84. The Morgan fingerprint density at radius 1 is 1.10 bits per heavy atom. The van der Waals surface area contributed by atoms with Crippen molar-refractivity contribution >= 4 is 68.8 Å². The minimum absolute atomic E-state index is 0.0251. The van der Waals surface area contributed by atoms with Gasteiger partial charge >= 0.3 is 6.18 Å². The maximum absolute atomic E-state index is 14.3. The molecule has 5 rings (SSSR count). The fraction of sp³-hybridized carbons (Fsp3) is 0.280. The molecule has 1 heterocycles. The van der Waals surface area contributed by atoms with Gasteiger partial charge in [0.15, 0.2) is 5.13 Å². The number of alkyl halides is 3. The van der Waals surface area contributed by atoms with Crippen molar-refractivity contribution in [3.63, 3.8) is 0 Å². The number of nitrogens with zero attached hydrogens (tertiary/aromatic N) is 2. The number of amides is 3. The molecule has 0 saturated heterocycles. The van der Waals surface area contributed by atoms with E-state index in [4.69, 9.17) is 28.9 Å². The highest BCUT2D eigenvalue weighted by Gasteiger charge is 2.58. The van der Waals surface area contributed by atoms with E-state index in [1.807, 2.05) is 0 Å². The van der Waals surface area contributed by atoms with Crippen molar-refractivity contribution in [3.8, 4) is 0 Å². The Bertz CT molecular complexity index is 1500. The monoisotopic (exact) mass is 600 g/mol. The maximum Gasteiger partial charge on any atom is 0.416 e. The number of benzene rings is 2. The van der Waals surface area contributed by atoms with Crippen molar-refractivity contribution in [2.24, 2.45) is 11.1 Å². The van der Waals surface area contributed by atoms with Gasteiger partial charge in [-0.2, -0.15) is 13.2 Å². The maximum atomic E-state index is 14.3. The molecule has 3 N–H and O–H groups in total. The molecule has 7 nitrogen and oxygen atoms in total. The molecule has 0 bridgehead atoms. The summed E-state index contributed by atoms with van der Waals surface area (Å²) in [6, 6.07) is 5.89. The summed E-state index contributed by atoms with van der Waals surface area (Å²) in [5, 5.41) is 2.22. The molecule has 0 radical (unpaired) electrons. The Hall–Kier alpha value is -3.22. The average molecular weight is 601 g/mol. The van der Waals surface area contributed by atoms with Gasteiger partial charge in [0.2, 0.25) is 11.8 Å². The van der Waals surface area contributed by atoms with Crippen LogP contribution in [0.1, 0.15) is 52.5 Å². The Labute approximate surface area is 232 Å². The number of aromatic nitrogens is 1. The topological polar surface area (TPSA) is 105 Å². The van der Waals surface area contributed by atoms with Crippen LogP contribution in [-0.2, 0) is 15.8 Å². The van der Waals surface area contributed by atoms with E-state index in [-0.39, 0.29) is 50.2 Å². The van der Waals surface area contributed by atoms with Crippen molar-refractivity contribution in [2.45, 2.75) is 37.8 Å². The van der Waals surface area contributed by atoms with Crippen LogP contribution in [0.2, 0.25) is 10.0 Å². The van der Waals surface area contributed by atoms with Crippen LogP contribution in [0, 0.1) is 11.2 Å². The molecule has 2 fully saturated rings. The highest BCUT2D eigenvalue weighted by Crippen LogP contribution is 2.51. The van der Waals surface area contributed by atoms with E-state index in [0.717, 1.165) is 40.5 Å². The summed E-state index contributed by atoms with van der Waals surface area (Å²) in [5.41, 5.74) is 3.02. The van der Waals surface area contributed by atoms with Crippen molar-refractivity contribution in [1.29, 1.82) is 0 Å². The van der Waals surface area contributed by atoms with Crippen LogP contribution < -0.4 is 16.0 Å². The zero-order chi connectivity index (χ0) is 28.3. The van der Waals surface area contributed by atoms with Gasteiger partial charge in [0.1, 0.15) is 16.1 Å². The standard InChI is InChI=1S/C25H18Cl2F4N4O3S/c26-13-8-14(28)10-15(9-13)35(22(38)24(5-6-24)21(32)37)23-34-18(11-1-2-11)19(39-23)20(36)33-17-7-12(25(29,30)31)3-4-16(17)27/h3-4,7-11H,1-2,5-6H2,(H2,32,37)(H,33,36). The lowest BCUT2D eigenvalue weighted by Crippen LogP contribution is -2.41. The number of hydrogen-bond acceptors (Lipinski definition) is 5. The second-order valence-corrected chi connectivity index (χ2v) is 11.2. The van der Waals surface area contributed by atoms with E-state index in [2.05, 4.69) is 10.3 Å². The summed E-state index contributed by atoms with van der Waals surface area (Å²) < 4.78 is 53.9. The number of nitrogens with two attached hydrogens (primary N) is 1. The van der Waals surface area contributed by atoms with Crippen LogP contribution in [0.4, 0.5) is 34.1 Å². The third-order valence-electron chi connectivity index (χ3n) is 6.49. The van der Waals surface area contributed by atoms with Crippen molar-refractivity contribution in [3.05, 3.63) is 68.4 Å². The SMILES string of the molecule is NC(=O)C1(C(=O)N(c2cc(F)cc(Cl)c2)c2nc(C3CC3)c(C(=O)Nc3cc(C(F)(F)F)ccc3Cl)s2)CC1. The molecule has 2 saturated carbocycles. The molecule has 0 aliphatic heterocycles. The quantitative estimate of drug-likeness (QED) is 0.233. The van der Waals surface area contributed by atoms with Gasteiger partial charge in [-0.3, -0.25) is 19.3 Å². The molecule has 3 amide bonds. The van der Waals surface area contributed by atoms with Gasteiger partial charge in [0, 0.05) is 10.9 Å². The summed E-state index contributed by atoms with van der Waals surface area (Å²) in [6.07, 6.45) is -2.91. The summed E-state index contributed by atoms with van der Waals surface area (Å²) in [4.78, 5) is 44.7. The summed E-state index contributed by atoms with van der Waals surface area (Å²) >= 11 is 12.8. The predicted molar refractivity (Wildman–Crippen MR) is 138 cm³/mol. The number of primary amides is 1. The number of nitrogens with one attached hydrogen (secondary N) is 1. The lowest BCUT2D eigenvalue weighted by molar-refractivity contribution is -0.137. The van der Waals surface area contributed by atoms with Crippen LogP contribution in [0.5, 0.6) is 0 Å². The lowest BCUT2D eigenvalue weighted by Gasteiger charge is -2.24. The number of anilines is 3. The number of halogens is 6. The van der Waals surface area contributed by atoms with Gasteiger partial charge in [0.25, 0.3) is 5.91 Å². The molecule has 0 atom stereocenters. The van der Waals surface area contributed by atoms with Crippen molar-refractivity contribution in [2.75, 3.05) is 10.2 Å². The zero-order valence-electron chi connectivity index (χ0n) is 19.7. The van der Waals surface area contributed by atoms with Crippen LogP contribution >= 0.6 is 34.5 Å². The lowest BCUT2D eigenvalue weighted by atomic mass is 10.0. The van der Waals surface area contributed by atoms with Gasteiger partial charge < -0.3 is 11.1 Å². The predicted octanol–water partition coefficient (Wildman–Crippen LogP) is 6.67. The van der Waals surface area contributed by atoms with Gasteiger partial charge in [-0.15, -0.1) is 0 Å². The molecule has 14 heteroatoms. The largest absolute Gasteiger partial charge is 0.416 e.